The highest BCUT2D eigenvalue weighted by atomic mass is 35.5. The lowest BCUT2D eigenvalue weighted by Crippen LogP contribution is -2.30. The van der Waals surface area contributed by atoms with E-state index in [-0.39, 0.29) is 24.6 Å². The SMILES string of the molecule is COc1cn(C(Cc2cnco2)C(=O)O)c(=O)cc1-c1cc(Cl)ccc1C#N.Cl. The van der Waals surface area contributed by atoms with Crippen LogP contribution in [0.5, 0.6) is 5.75 Å². The van der Waals surface area contributed by atoms with Crippen LogP contribution in [-0.4, -0.2) is 27.7 Å². The largest absolute Gasteiger partial charge is 0.495 e. The molecule has 1 atom stereocenters. The third kappa shape index (κ3) is 4.59. The molecule has 150 valence electrons. The highest BCUT2D eigenvalue weighted by molar-refractivity contribution is 6.31. The Morgan fingerprint density at radius 2 is 2.17 bits per heavy atom. The molecule has 0 aliphatic rings. The quantitative estimate of drug-likeness (QED) is 0.630. The summed E-state index contributed by atoms with van der Waals surface area (Å²) >= 11 is 6.03. The van der Waals surface area contributed by atoms with Crippen molar-refractivity contribution < 1.29 is 19.1 Å². The van der Waals surface area contributed by atoms with Crippen molar-refractivity contribution in [2.24, 2.45) is 0 Å². The van der Waals surface area contributed by atoms with Crippen LogP contribution in [0.4, 0.5) is 0 Å². The topological polar surface area (TPSA) is 118 Å². The molecule has 0 fully saturated rings. The van der Waals surface area contributed by atoms with Crippen molar-refractivity contribution in [3.8, 4) is 22.9 Å². The van der Waals surface area contributed by atoms with E-state index in [0.29, 0.717) is 27.5 Å². The number of aliphatic carboxylic acids is 1. The molecule has 0 spiro atoms. The normalized spacial score (nSPS) is 11.2. The monoisotopic (exact) mass is 435 g/mol. The van der Waals surface area contributed by atoms with E-state index in [9.17, 15) is 20.0 Å². The summed E-state index contributed by atoms with van der Waals surface area (Å²) < 4.78 is 11.5. The van der Waals surface area contributed by atoms with Gasteiger partial charge >= 0.3 is 5.97 Å². The molecule has 1 unspecified atom stereocenters. The summed E-state index contributed by atoms with van der Waals surface area (Å²) in [5, 5.41) is 19.3. The number of benzene rings is 1. The van der Waals surface area contributed by atoms with Crippen molar-refractivity contribution in [2.75, 3.05) is 7.11 Å². The molecule has 0 amide bonds. The van der Waals surface area contributed by atoms with Gasteiger partial charge in [0.05, 0.1) is 31.1 Å². The number of pyridine rings is 1. The zero-order chi connectivity index (χ0) is 20.3. The van der Waals surface area contributed by atoms with Gasteiger partial charge in [-0.3, -0.25) is 9.36 Å². The highest BCUT2D eigenvalue weighted by Gasteiger charge is 2.25. The number of oxazole rings is 1. The van der Waals surface area contributed by atoms with Crippen molar-refractivity contribution in [3.63, 3.8) is 0 Å². The van der Waals surface area contributed by atoms with Gasteiger partial charge in [0.2, 0.25) is 0 Å². The van der Waals surface area contributed by atoms with Gasteiger partial charge in [0, 0.05) is 28.6 Å². The molecule has 0 radical (unpaired) electrons. The van der Waals surface area contributed by atoms with Crippen LogP contribution in [-0.2, 0) is 11.2 Å². The fraction of sp³-hybridized carbons (Fsp3) is 0.158. The van der Waals surface area contributed by atoms with E-state index >= 15 is 0 Å². The highest BCUT2D eigenvalue weighted by Crippen LogP contribution is 2.33. The number of halogens is 2. The van der Waals surface area contributed by atoms with Gasteiger partial charge in [-0.25, -0.2) is 9.78 Å². The predicted molar refractivity (Wildman–Crippen MR) is 107 cm³/mol. The lowest BCUT2D eigenvalue weighted by molar-refractivity contribution is -0.141. The molecule has 0 aliphatic heterocycles. The van der Waals surface area contributed by atoms with Crippen molar-refractivity contribution in [2.45, 2.75) is 12.5 Å². The number of rotatable bonds is 6. The maximum Gasteiger partial charge on any atom is 0.327 e. The molecule has 29 heavy (non-hydrogen) atoms. The summed E-state index contributed by atoms with van der Waals surface area (Å²) in [4.78, 5) is 28.2. The van der Waals surface area contributed by atoms with Crippen LogP contribution in [0.3, 0.4) is 0 Å². The summed E-state index contributed by atoms with van der Waals surface area (Å²) in [6.07, 6.45) is 3.80. The number of nitriles is 1. The van der Waals surface area contributed by atoms with E-state index in [2.05, 4.69) is 4.98 Å². The van der Waals surface area contributed by atoms with Gasteiger partial charge in [0.25, 0.3) is 5.56 Å². The number of hydrogen-bond acceptors (Lipinski definition) is 6. The van der Waals surface area contributed by atoms with E-state index in [1.807, 2.05) is 6.07 Å². The second-order valence-electron chi connectivity index (χ2n) is 5.83. The molecular weight excluding hydrogens is 421 g/mol. The second-order valence-corrected chi connectivity index (χ2v) is 6.27. The summed E-state index contributed by atoms with van der Waals surface area (Å²) in [5.74, 6) is -0.667. The van der Waals surface area contributed by atoms with Crippen LogP contribution in [0.1, 0.15) is 17.4 Å². The van der Waals surface area contributed by atoms with Gasteiger partial charge in [-0.15, -0.1) is 12.4 Å². The molecule has 2 aromatic heterocycles. The van der Waals surface area contributed by atoms with Crippen LogP contribution in [0.25, 0.3) is 11.1 Å². The van der Waals surface area contributed by atoms with Crippen molar-refractivity contribution >= 4 is 30.0 Å². The molecule has 1 aromatic carbocycles. The third-order valence-electron chi connectivity index (χ3n) is 4.16. The second kappa shape index (κ2) is 9.28. The van der Waals surface area contributed by atoms with E-state index in [0.717, 1.165) is 4.57 Å². The Balaban J connectivity index is 0.00000300. The van der Waals surface area contributed by atoms with E-state index < -0.39 is 17.6 Å². The maximum absolute atomic E-state index is 12.7. The van der Waals surface area contributed by atoms with Gasteiger partial charge in [0.1, 0.15) is 17.6 Å². The smallest absolute Gasteiger partial charge is 0.327 e. The predicted octanol–water partition coefficient (Wildman–Crippen LogP) is 3.33. The van der Waals surface area contributed by atoms with Gasteiger partial charge in [-0.1, -0.05) is 11.6 Å². The summed E-state index contributed by atoms with van der Waals surface area (Å²) in [5.41, 5.74) is 0.479. The Bertz CT molecular complexity index is 1120. The maximum atomic E-state index is 12.7. The number of ether oxygens (including phenoxy) is 1. The molecule has 0 aliphatic carbocycles. The summed E-state index contributed by atoms with van der Waals surface area (Å²) in [6.45, 7) is 0. The molecule has 1 N–H and O–H groups in total. The molecule has 3 rings (SSSR count). The van der Waals surface area contributed by atoms with Crippen molar-refractivity contribution in [1.82, 2.24) is 9.55 Å². The van der Waals surface area contributed by atoms with Crippen LogP contribution in [0.2, 0.25) is 5.02 Å². The first kappa shape index (κ1) is 22.0. The Hall–Kier alpha value is -3.28. The number of methoxy groups -OCH3 is 1. The zero-order valence-corrected chi connectivity index (χ0v) is 16.6. The van der Waals surface area contributed by atoms with Gasteiger partial charge in [-0.2, -0.15) is 5.26 Å². The average Bonchev–Trinajstić information content (AvgIpc) is 3.19. The van der Waals surface area contributed by atoms with E-state index in [1.165, 1.54) is 38.0 Å². The van der Waals surface area contributed by atoms with Crippen LogP contribution in [0.15, 0.2) is 52.3 Å². The minimum absolute atomic E-state index is 0. The van der Waals surface area contributed by atoms with Crippen molar-refractivity contribution in [1.29, 1.82) is 5.26 Å². The standard InChI is InChI=1S/C19H14ClN3O5.ClH/c1-27-17-9-23(16(19(25)26)5-13-8-22-10-28-13)18(24)6-15(17)14-4-12(20)3-2-11(14)7-21;/h2-4,6,8-10,16H,5H2,1H3,(H,25,26);1H. The average molecular weight is 436 g/mol. The summed E-state index contributed by atoms with van der Waals surface area (Å²) in [7, 11) is 1.39. The molecule has 3 aromatic rings. The molecule has 10 heteroatoms. The first-order valence-electron chi connectivity index (χ1n) is 8.05. The number of nitrogens with zero attached hydrogens (tertiary/aromatic N) is 3. The fourth-order valence-corrected chi connectivity index (χ4v) is 2.99. The minimum Gasteiger partial charge on any atom is -0.495 e. The van der Waals surface area contributed by atoms with Gasteiger partial charge in [-0.05, 0) is 18.2 Å². The molecule has 0 bridgehead atoms. The van der Waals surface area contributed by atoms with Crippen LogP contribution < -0.4 is 10.3 Å². The molecule has 0 saturated carbocycles. The lowest BCUT2D eigenvalue weighted by atomic mass is 10.00. The van der Waals surface area contributed by atoms with E-state index in [4.69, 9.17) is 20.8 Å². The summed E-state index contributed by atoms with van der Waals surface area (Å²) in [6, 6.07) is 6.69. The third-order valence-corrected chi connectivity index (χ3v) is 4.39. The molecule has 0 saturated heterocycles. The van der Waals surface area contributed by atoms with Crippen molar-refractivity contribution in [3.05, 3.63) is 69.8 Å². The first-order valence-corrected chi connectivity index (χ1v) is 8.42. The Morgan fingerprint density at radius 3 is 2.76 bits per heavy atom. The number of carboxylic acid groups (broad SMARTS) is 1. The Kier molecular flexibility index (Phi) is 7.04. The minimum atomic E-state index is -1.22. The number of carbonyl (C=O) groups is 1. The molecule has 2 heterocycles. The van der Waals surface area contributed by atoms with Gasteiger partial charge < -0.3 is 14.3 Å². The number of carboxylic acids is 1. The van der Waals surface area contributed by atoms with E-state index in [1.54, 1.807) is 12.1 Å². The number of hydrogen-bond donors (Lipinski definition) is 1. The Labute approximate surface area is 176 Å². The number of aromatic nitrogens is 2. The van der Waals surface area contributed by atoms with Crippen LogP contribution in [0, 0.1) is 11.3 Å². The van der Waals surface area contributed by atoms with Gasteiger partial charge in [0.15, 0.2) is 6.39 Å². The fourth-order valence-electron chi connectivity index (χ4n) is 2.82. The Morgan fingerprint density at radius 1 is 1.41 bits per heavy atom. The zero-order valence-electron chi connectivity index (χ0n) is 15.0. The van der Waals surface area contributed by atoms with Crippen LogP contribution >= 0.6 is 24.0 Å². The molecular formula is C19H15Cl2N3O5. The molecule has 8 nitrogen and oxygen atoms in total. The lowest BCUT2D eigenvalue weighted by Gasteiger charge is -2.18. The first-order chi connectivity index (χ1) is 13.4.